The van der Waals surface area contributed by atoms with Crippen molar-refractivity contribution in [2.45, 2.75) is 17.7 Å². The average molecular weight is 334 g/mol. The van der Waals surface area contributed by atoms with Crippen molar-refractivity contribution in [2.75, 3.05) is 19.6 Å². The molecule has 1 fully saturated rings. The van der Waals surface area contributed by atoms with Crippen molar-refractivity contribution in [1.82, 2.24) is 10.0 Å². The fourth-order valence-corrected chi connectivity index (χ4v) is 3.29. The van der Waals surface area contributed by atoms with Gasteiger partial charge in [0.2, 0.25) is 15.9 Å². The number of hydrogen-bond acceptors (Lipinski definition) is 4. The summed E-state index contributed by atoms with van der Waals surface area (Å²) in [6.45, 7) is 2.38. The number of rotatable bonds is 6. The standard InChI is InChI=1S/C13H19N3O3S.ClH/c14-13(17)11-1-3-12(4-2-11)20(18,19)16-8-6-10-5-7-15-9-10;/h1-4,10,15-16H,5-9H2,(H2,14,17);1H. The zero-order valence-corrected chi connectivity index (χ0v) is 13.2. The van der Waals surface area contributed by atoms with Gasteiger partial charge in [-0.2, -0.15) is 0 Å². The van der Waals surface area contributed by atoms with E-state index in [1.807, 2.05) is 0 Å². The zero-order valence-electron chi connectivity index (χ0n) is 11.5. The number of nitrogens with one attached hydrogen (secondary N) is 2. The summed E-state index contributed by atoms with van der Waals surface area (Å²) >= 11 is 0. The Morgan fingerprint density at radius 3 is 2.52 bits per heavy atom. The molecule has 6 nitrogen and oxygen atoms in total. The van der Waals surface area contributed by atoms with Gasteiger partial charge in [-0.05, 0) is 56.1 Å². The molecule has 0 bridgehead atoms. The zero-order chi connectivity index (χ0) is 14.6. The summed E-state index contributed by atoms with van der Waals surface area (Å²) in [5.41, 5.74) is 5.41. The highest BCUT2D eigenvalue weighted by atomic mass is 35.5. The van der Waals surface area contributed by atoms with E-state index in [0.29, 0.717) is 18.0 Å². The van der Waals surface area contributed by atoms with Crippen LogP contribution in [0, 0.1) is 5.92 Å². The van der Waals surface area contributed by atoms with E-state index < -0.39 is 15.9 Å². The van der Waals surface area contributed by atoms with Crippen molar-refractivity contribution in [2.24, 2.45) is 11.7 Å². The van der Waals surface area contributed by atoms with Crippen LogP contribution in [0.25, 0.3) is 0 Å². The van der Waals surface area contributed by atoms with Gasteiger partial charge in [-0.1, -0.05) is 0 Å². The molecule has 0 saturated carbocycles. The highest BCUT2D eigenvalue weighted by Crippen LogP contribution is 2.13. The second kappa shape index (κ2) is 7.74. The number of hydrogen-bond donors (Lipinski definition) is 3. The van der Waals surface area contributed by atoms with Gasteiger partial charge in [0.25, 0.3) is 0 Å². The summed E-state index contributed by atoms with van der Waals surface area (Å²) in [5.74, 6) is -0.0365. The van der Waals surface area contributed by atoms with Gasteiger partial charge in [0.15, 0.2) is 0 Å². The Balaban J connectivity index is 0.00000220. The second-order valence-corrected chi connectivity index (χ2v) is 6.70. The summed E-state index contributed by atoms with van der Waals surface area (Å²) in [6, 6.07) is 5.61. The Bertz CT molecular complexity index is 569. The highest BCUT2D eigenvalue weighted by Gasteiger charge is 2.17. The van der Waals surface area contributed by atoms with Crippen LogP contribution in [0.5, 0.6) is 0 Å². The lowest BCUT2D eigenvalue weighted by molar-refractivity contribution is 0.1000. The van der Waals surface area contributed by atoms with Crippen molar-refractivity contribution >= 4 is 28.3 Å². The van der Waals surface area contributed by atoms with Crippen LogP contribution in [0.1, 0.15) is 23.2 Å². The summed E-state index contributed by atoms with van der Waals surface area (Å²) in [7, 11) is -3.52. The molecular formula is C13H20ClN3O3S. The van der Waals surface area contributed by atoms with Gasteiger partial charge in [-0.15, -0.1) is 12.4 Å². The van der Waals surface area contributed by atoms with E-state index in [1.54, 1.807) is 0 Å². The van der Waals surface area contributed by atoms with Crippen LogP contribution in [0.15, 0.2) is 29.2 Å². The molecule has 8 heteroatoms. The minimum Gasteiger partial charge on any atom is -0.366 e. The Morgan fingerprint density at radius 1 is 1.33 bits per heavy atom. The van der Waals surface area contributed by atoms with Gasteiger partial charge < -0.3 is 11.1 Å². The summed E-state index contributed by atoms with van der Waals surface area (Å²) in [5, 5.41) is 3.25. The Hall–Kier alpha value is -1.15. The SMILES string of the molecule is Cl.NC(=O)c1ccc(S(=O)(=O)NCCC2CCNC2)cc1. The fourth-order valence-electron chi connectivity index (χ4n) is 2.24. The third-order valence-electron chi connectivity index (χ3n) is 3.46. The number of benzene rings is 1. The molecule has 1 aromatic carbocycles. The Labute approximate surface area is 130 Å². The van der Waals surface area contributed by atoms with Crippen LogP contribution in [0.3, 0.4) is 0 Å². The molecule has 1 unspecified atom stereocenters. The van der Waals surface area contributed by atoms with Crippen LogP contribution in [0.2, 0.25) is 0 Å². The fraction of sp³-hybridized carbons (Fsp3) is 0.462. The number of amides is 1. The van der Waals surface area contributed by atoms with Crippen molar-refractivity contribution < 1.29 is 13.2 Å². The van der Waals surface area contributed by atoms with Gasteiger partial charge in [-0.3, -0.25) is 4.79 Å². The molecular weight excluding hydrogens is 314 g/mol. The van der Waals surface area contributed by atoms with E-state index in [2.05, 4.69) is 10.0 Å². The first-order valence-electron chi connectivity index (χ1n) is 6.59. The smallest absolute Gasteiger partial charge is 0.248 e. The van der Waals surface area contributed by atoms with Crippen LogP contribution in [-0.4, -0.2) is 34.0 Å². The Morgan fingerprint density at radius 2 is 2.00 bits per heavy atom. The highest BCUT2D eigenvalue weighted by molar-refractivity contribution is 7.89. The van der Waals surface area contributed by atoms with E-state index in [0.717, 1.165) is 25.9 Å². The predicted octanol–water partition coefficient (Wildman–Crippen LogP) is 0.485. The molecule has 0 aliphatic carbocycles. The van der Waals surface area contributed by atoms with E-state index in [9.17, 15) is 13.2 Å². The molecule has 0 radical (unpaired) electrons. The maximum atomic E-state index is 12.0. The van der Waals surface area contributed by atoms with Crippen LogP contribution < -0.4 is 15.8 Å². The molecule has 1 aliphatic heterocycles. The maximum absolute atomic E-state index is 12.0. The first-order chi connectivity index (χ1) is 9.49. The maximum Gasteiger partial charge on any atom is 0.248 e. The normalized spacial score (nSPS) is 18.2. The molecule has 1 aromatic rings. The minimum atomic E-state index is -3.52. The molecule has 0 aromatic heterocycles. The molecule has 118 valence electrons. The number of carbonyl (C=O) groups is 1. The van der Waals surface area contributed by atoms with Gasteiger partial charge in [0.05, 0.1) is 4.90 Å². The summed E-state index contributed by atoms with van der Waals surface area (Å²) in [6.07, 6.45) is 1.92. The van der Waals surface area contributed by atoms with Crippen LogP contribution in [-0.2, 0) is 10.0 Å². The molecule has 4 N–H and O–H groups in total. The average Bonchev–Trinajstić information content (AvgIpc) is 2.92. The number of primary amides is 1. The molecule has 1 saturated heterocycles. The number of halogens is 1. The minimum absolute atomic E-state index is 0. The third kappa shape index (κ3) is 4.96. The van der Waals surface area contributed by atoms with E-state index in [-0.39, 0.29) is 17.3 Å². The predicted molar refractivity (Wildman–Crippen MR) is 83.0 cm³/mol. The van der Waals surface area contributed by atoms with Crippen molar-refractivity contribution in [3.8, 4) is 0 Å². The van der Waals surface area contributed by atoms with E-state index >= 15 is 0 Å². The number of carbonyl (C=O) groups excluding carboxylic acids is 1. The third-order valence-corrected chi connectivity index (χ3v) is 4.93. The molecule has 1 aliphatic rings. The Kier molecular flexibility index (Phi) is 6.60. The van der Waals surface area contributed by atoms with Crippen molar-refractivity contribution in [1.29, 1.82) is 0 Å². The van der Waals surface area contributed by atoms with Gasteiger partial charge in [0, 0.05) is 12.1 Å². The topological polar surface area (TPSA) is 101 Å². The molecule has 1 heterocycles. The van der Waals surface area contributed by atoms with Crippen molar-refractivity contribution in [3.63, 3.8) is 0 Å². The molecule has 21 heavy (non-hydrogen) atoms. The van der Waals surface area contributed by atoms with Gasteiger partial charge in [-0.25, -0.2) is 13.1 Å². The van der Waals surface area contributed by atoms with Crippen LogP contribution in [0.4, 0.5) is 0 Å². The lowest BCUT2D eigenvalue weighted by Crippen LogP contribution is -2.26. The molecule has 2 rings (SSSR count). The quantitative estimate of drug-likeness (QED) is 0.705. The van der Waals surface area contributed by atoms with Gasteiger partial charge in [0.1, 0.15) is 0 Å². The largest absolute Gasteiger partial charge is 0.366 e. The van der Waals surface area contributed by atoms with Gasteiger partial charge >= 0.3 is 0 Å². The lowest BCUT2D eigenvalue weighted by Gasteiger charge is -2.10. The summed E-state index contributed by atoms with van der Waals surface area (Å²) < 4.78 is 26.7. The van der Waals surface area contributed by atoms with Crippen molar-refractivity contribution in [3.05, 3.63) is 29.8 Å². The second-order valence-electron chi connectivity index (χ2n) is 4.93. The van der Waals surface area contributed by atoms with Crippen LogP contribution >= 0.6 is 12.4 Å². The molecule has 0 spiro atoms. The first-order valence-corrected chi connectivity index (χ1v) is 8.07. The van der Waals surface area contributed by atoms with E-state index in [1.165, 1.54) is 24.3 Å². The number of sulfonamides is 1. The lowest BCUT2D eigenvalue weighted by atomic mass is 10.1. The summed E-state index contributed by atoms with van der Waals surface area (Å²) in [4.78, 5) is 11.1. The monoisotopic (exact) mass is 333 g/mol. The molecule has 1 atom stereocenters. The molecule has 1 amide bonds. The van der Waals surface area contributed by atoms with E-state index in [4.69, 9.17) is 5.73 Å². The number of nitrogens with two attached hydrogens (primary N) is 1. The first kappa shape index (κ1) is 17.9.